The molecule has 78 heavy (non-hydrogen) atoms. The maximum Gasteiger partial charge on any atom is 0.418 e. The Hall–Kier alpha value is -4.92. The van der Waals surface area contributed by atoms with Gasteiger partial charge >= 0.3 is 24.2 Å². The minimum absolute atomic E-state index is 0. The van der Waals surface area contributed by atoms with E-state index in [0.717, 1.165) is 72.6 Å². The van der Waals surface area contributed by atoms with Crippen molar-refractivity contribution in [3.8, 4) is 0 Å². The van der Waals surface area contributed by atoms with Crippen LogP contribution in [0.4, 0.5) is 30.6 Å². The predicted octanol–water partition coefficient (Wildman–Crippen LogP) is 8.50. The number of alkyl halides is 1. The number of rotatable bonds is 7. The molecule has 4 aromatic rings. The number of alkyl carbamates (subject to hydrolysis) is 1. The van der Waals surface area contributed by atoms with Crippen molar-refractivity contribution in [3.63, 3.8) is 0 Å². The summed E-state index contributed by atoms with van der Waals surface area (Å²) in [5.41, 5.74) is 4.18. The largest absolute Gasteiger partial charge is 0.427 e. The number of thiophene rings is 2. The summed E-state index contributed by atoms with van der Waals surface area (Å²) in [4.78, 5) is 106. The van der Waals surface area contributed by atoms with Crippen LogP contribution < -0.4 is 26.6 Å². The van der Waals surface area contributed by atoms with Gasteiger partial charge in [-0.25, -0.2) is 24.1 Å². The fourth-order valence-electron chi connectivity index (χ4n) is 11.3. The highest BCUT2D eigenvalue weighted by atomic mass is 79.9. The van der Waals surface area contributed by atoms with E-state index in [0.29, 0.717) is 72.0 Å². The average Bonchev–Trinajstić information content (AvgIpc) is 4.22. The molecule has 4 aliphatic carbocycles. The van der Waals surface area contributed by atoms with Gasteiger partial charge < -0.3 is 40.5 Å². The summed E-state index contributed by atoms with van der Waals surface area (Å²) >= 11 is 6.89. The summed E-state index contributed by atoms with van der Waals surface area (Å²) in [5, 5.41) is 17.2. The zero-order valence-electron chi connectivity index (χ0n) is 42.5. The number of nitrogens with zero attached hydrogens (tertiary/aromatic N) is 3. The number of hydrogen-bond acceptors (Lipinski definition) is 12. The van der Waals surface area contributed by atoms with Gasteiger partial charge in [0.25, 0.3) is 11.8 Å². The van der Waals surface area contributed by atoms with Gasteiger partial charge in [-0.1, -0.05) is 35.5 Å². The number of nitrogens with one attached hydrogen (secondary N) is 5. The number of urea groups is 2. The van der Waals surface area contributed by atoms with Gasteiger partial charge in [0, 0.05) is 84.4 Å². The van der Waals surface area contributed by atoms with E-state index in [1.165, 1.54) is 42.3 Å². The van der Waals surface area contributed by atoms with Gasteiger partial charge in [0.2, 0.25) is 23.0 Å². The molecular formula is C53H69BrN8O10S6. The number of amides is 10. The molecule has 2 aromatic heterocycles. The van der Waals surface area contributed by atoms with Crippen LogP contribution in [0, 0.1) is 11.8 Å². The highest BCUT2D eigenvalue weighted by Gasteiger charge is 2.59. The molecule has 10 amide bonds. The normalized spacial score (nSPS) is 22.7. The van der Waals surface area contributed by atoms with Gasteiger partial charge in [0.1, 0.15) is 6.54 Å². The number of carbonyl (C=O) groups is 8. The number of fused-ring (bicyclic) bond motifs is 6. The molecule has 0 unspecified atom stereocenters. The highest BCUT2D eigenvalue weighted by molar-refractivity contribution is 9.09. The Balaban J connectivity index is 0.000000228. The number of anilines is 2. The van der Waals surface area contributed by atoms with Crippen LogP contribution >= 0.6 is 92.6 Å². The third-order valence-electron chi connectivity index (χ3n) is 15.3. The maximum atomic E-state index is 13.6. The summed E-state index contributed by atoms with van der Waals surface area (Å²) in [5.74, 6) is 0.397. The third kappa shape index (κ3) is 12.8. The molecule has 12 rings (SSSR count). The Morgan fingerprint density at radius 2 is 1.12 bits per heavy atom. The monoisotopic (exact) mass is 1250 g/mol. The van der Waals surface area contributed by atoms with Gasteiger partial charge in [-0.05, 0) is 145 Å². The molecule has 18 nitrogen and oxygen atoms in total. The van der Waals surface area contributed by atoms with Crippen molar-refractivity contribution in [1.82, 2.24) is 30.7 Å². The Morgan fingerprint density at radius 3 is 1.56 bits per heavy atom. The van der Waals surface area contributed by atoms with Crippen molar-refractivity contribution < 1.29 is 47.8 Å². The standard InChI is InChI=1S/C26H28N4O5S.C13H16BrNOS.C13H13N3O4.CH4.4H2S/c1-27-24(33)28-18-4-5-19-16(12-18)8-10-26(19)23(32)30(25(34)35-26)14-22(31)29-13-17-9-11-36-21(17)7-6-20(29)15-2-3-15;14-7-13(16)15-8-10-5-6-17-12(10)4-3-11(15)9-1-2-9;1-14-11(18)15-8-2-3-9-7(6-8)4-5-13(9)10(17)16-12(19)20-13;;;;;/h4-5,9,11-12,15,20H,2-3,6-8,10,13-14H2,1H3,(H2,27,28,33);5-6,9,11H,1-4,7-8H2;2-3,6H,4-5H2,1H3,(H2,14,15,18)(H,16,17,19);1H4;4*1H2/t20-,26-;11-;13-;;;;;/m000...../s1. The topological polar surface area (TPSA) is 225 Å². The number of halogens is 1. The van der Waals surface area contributed by atoms with Crippen molar-refractivity contribution in [2.45, 2.75) is 121 Å². The molecule has 0 radical (unpaired) electrons. The van der Waals surface area contributed by atoms with Gasteiger partial charge in [-0.2, -0.15) is 54.0 Å². The van der Waals surface area contributed by atoms with Crippen LogP contribution in [0.5, 0.6) is 0 Å². The minimum Gasteiger partial charge on any atom is -0.427 e. The smallest absolute Gasteiger partial charge is 0.418 e. The van der Waals surface area contributed by atoms with Crippen LogP contribution in [0.2, 0.25) is 0 Å². The van der Waals surface area contributed by atoms with Crippen LogP contribution in [-0.4, -0.2) is 101 Å². The van der Waals surface area contributed by atoms with E-state index in [1.807, 2.05) is 16.2 Å². The van der Waals surface area contributed by atoms with Crippen molar-refractivity contribution in [2.24, 2.45) is 11.8 Å². The van der Waals surface area contributed by atoms with Crippen molar-refractivity contribution in [1.29, 1.82) is 0 Å². The molecule has 4 aliphatic heterocycles. The Morgan fingerprint density at radius 1 is 0.641 bits per heavy atom. The molecule has 4 atom stereocenters. The molecule has 2 spiro atoms. The van der Waals surface area contributed by atoms with Gasteiger partial charge in [-0.15, -0.1) is 22.7 Å². The SMILES string of the molecule is C.CNC(=O)Nc1ccc2c(c1)CC[C@]21OC(=O)N(CC(=O)N2Cc3ccsc3CC[C@H]2C2CC2)C1=O.CNC(=O)Nc1ccc2c(c1)CC[C@]21OC(=O)NC1=O.O=C(CBr)N1Cc2ccsc2CC[C@H]1C1CC1.S.S.S.S. The molecule has 0 bridgehead atoms. The first kappa shape index (κ1) is 63.9. The summed E-state index contributed by atoms with van der Waals surface area (Å²) in [6.45, 7) is 1.03. The fraction of sp³-hybridized carbons (Fsp3) is 0.472. The molecule has 2 saturated heterocycles. The summed E-state index contributed by atoms with van der Waals surface area (Å²) in [6, 6.07) is 14.6. The average molecular weight is 1250 g/mol. The number of benzene rings is 2. The lowest BCUT2D eigenvalue weighted by atomic mass is 9.94. The minimum atomic E-state index is -1.41. The van der Waals surface area contributed by atoms with Crippen LogP contribution in [0.25, 0.3) is 0 Å². The lowest BCUT2D eigenvalue weighted by Gasteiger charge is -2.31. The molecule has 2 saturated carbocycles. The number of hydrogen-bond donors (Lipinski definition) is 5. The van der Waals surface area contributed by atoms with Gasteiger partial charge in [0.05, 0.1) is 5.33 Å². The molecule has 424 valence electrons. The van der Waals surface area contributed by atoms with Crippen LogP contribution in [-0.2, 0) is 78.6 Å². The quantitative estimate of drug-likeness (QED) is 0.111. The second-order valence-corrected chi connectivity index (χ2v) is 22.3. The zero-order chi connectivity index (χ0) is 51.2. The van der Waals surface area contributed by atoms with Crippen LogP contribution in [0.1, 0.15) is 102 Å². The summed E-state index contributed by atoms with van der Waals surface area (Å²) in [6.07, 6.45) is 9.40. The Labute approximate surface area is 498 Å². The Kier molecular flexibility index (Phi) is 21.8. The highest BCUT2D eigenvalue weighted by Crippen LogP contribution is 2.48. The van der Waals surface area contributed by atoms with Crippen molar-refractivity contribution in [3.05, 3.63) is 102 Å². The first-order chi connectivity index (χ1) is 35.2. The lowest BCUT2D eigenvalue weighted by Crippen LogP contribution is -2.48. The number of aryl methyl sites for hydroxylation is 4. The molecule has 6 heterocycles. The molecular weight excluding hydrogens is 1180 g/mol. The molecule has 25 heteroatoms. The van der Waals surface area contributed by atoms with E-state index in [9.17, 15) is 38.4 Å². The summed E-state index contributed by atoms with van der Waals surface area (Å²) in [7, 11) is 3.06. The number of ether oxygens (including phenoxy) is 2. The second-order valence-electron chi connectivity index (χ2n) is 19.7. The van der Waals surface area contributed by atoms with E-state index in [2.05, 4.69) is 70.3 Å². The first-order valence-electron chi connectivity index (χ1n) is 24.8. The first-order valence-corrected chi connectivity index (χ1v) is 27.7. The van der Waals surface area contributed by atoms with E-state index in [-0.39, 0.29) is 97.9 Å². The number of carbonyl (C=O) groups excluding carboxylic acids is 8. The van der Waals surface area contributed by atoms with E-state index in [4.69, 9.17) is 9.47 Å². The van der Waals surface area contributed by atoms with Crippen LogP contribution in [0.15, 0.2) is 59.3 Å². The second kappa shape index (κ2) is 26.6. The Bertz CT molecular complexity index is 2920. The van der Waals surface area contributed by atoms with E-state index >= 15 is 0 Å². The molecule has 2 aromatic carbocycles. The van der Waals surface area contributed by atoms with E-state index < -0.39 is 35.2 Å². The van der Waals surface area contributed by atoms with Crippen LogP contribution in [0.3, 0.4) is 0 Å². The lowest BCUT2D eigenvalue weighted by molar-refractivity contribution is -0.143. The van der Waals surface area contributed by atoms with Gasteiger partial charge in [0.15, 0.2) is 0 Å². The van der Waals surface area contributed by atoms with Gasteiger partial charge in [-0.3, -0.25) is 24.5 Å². The maximum absolute atomic E-state index is 13.6. The molecule has 5 N–H and O–H groups in total. The summed E-state index contributed by atoms with van der Waals surface area (Å²) < 4.78 is 10.9. The van der Waals surface area contributed by atoms with E-state index in [1.54, 1.807) is 47.7 Å². The zero-order valence-corrected chi connectivity index (χ0v) is 49.7. The fourth-order valence-corrected chi connectivity index (χ4v) is 13.5. The third-order valence-corrected chi connectivity index (χ3v) is 17.9. The molecule has 4 fully saturated rings. The van der Waals surface area contributed by atoms with Crippen molar-refractivity contribution >= 4 is 152 Å². The molecule has 8 aliphatic rings. The predicted molar refractivity (Wildman–Crippen MR) is 323 cm³/mol. The number of imide groups is 2. The van der Waals surface area contributed by atoms with Crippen molar-refractivity contribution in [2.75, 3.05) is 36.6 Å².